The van der Waals surface area contributed by atoms with E-state index in [0.717, 1.165) is 30.9 Å². The van der Waals surface area contributed by atoms with Gasteiger partial charge >= 0.3 is 0 Å². The third kappa shape index (κ3) is 5.12. The number of piperidine rings is 1. The molecule has 1 heterocycles. The van der Waals surface area contributed by atoms with E-state index in [9.17, 15) is 5.11 Å². The van der Waals surface area contributed by atoms with Gasteiger partial charge in [0.2, 0.25) is 0 Å². The van der Waals surface area contributed by atoms with Crippen LogP contribution in [0.2, 0.25) is 0 Å². The fraction of sp³-hybridized carbons (Fsp3) is 0.625. The Labute approximate surface area is 121 Å². The highest BCUT2D eigenvalue weighted by Gasteiger charge is 2.14. The highest BCUT2D eigenvalue weighted by molar-refractivity contribution is 5.26. The molecule has 1 unspecified atom stereocenters. The molecule has 0 saturated carbocycles. The second-order valence-electron chi connectivity index (χ2n) is 5.38. The lowest BCUT2D eigenvalue weighted by Gasteiger charge is -2.28. The molecule has 0 aliphatic carbocycles. The summed E-state index contributed by atoms with van der Waals surface area (Å²) in [5.74, 6) is 0.846. The number of benzene rings is 1. The predicted octanol–water partition coefficient (Wildman–Crippen LogP) is 2.06. The van der Waals surface area contributed by atoms with Gasteiger partial charge < -0.3 is 19.5 Å². The quantitative estimate of drug-likeness (QED) is 0.829. The molecule has 4 nitrogen and oxygen atoms in total. The van der Waals surface area contributed by atoms with Crippen LogP contribution in [0.25, 0.3) is 0 Å². The van der Waals surface area contributed by atoms with Crippen LogP contribution >= 0.6 is 0 Å². The maximum Gasteiger partial charge on any atom is 0.118 e. The van der Waals surface area contributed by atoms with Crippen LogP contribution in [-0.4, -0.2) is 49.5 Å². The number of likely N-dealkylation sites (tertiary alicyclic amines) is 1. The number of hydrogen-bond donors (Lipinski definition) is 1. The van der Waals surface area contributed by atoms with E-state index in [1.807, 2.05) is 24.3 Å². The Balaban J connectivity index is 1.63. The van der Waals surface area contributed by atoms with Gasteiger partial charge in [-0.2, -0.15) is 0 Å². The molecule has 4 heteroatoms. The van der Waals surface area contributed by atoms with Crippen molar-refractivity contribution in [2.75, 3.05) is 33.4 Å². The van der Waals surface area contributed by atoms with Gasteiger partial charge in [-0.25, -0.2) is 0 Å². The Morgan fingerprint density at radius 1 is 1.15 bits per heavy atom. The molecular weight excluding hydrogens is 254 g/mol. The fourth-order valence-corrected chi connectivity index (χ4v) is 2.53. The summed E-state index contributed by atoms with van der Waals surface area (Å²) in [6.07, 6.45) is 3.42. The Morgan fingerprint density at radius 3 is 2.50 bits per heavy atom. The number of aliphatic hydroxyl groups excluding tert-OH is 1. The third-order valence-electron chi connectivity index (χ3n) is 3.66. The van der Waals surface area contributed by atoms with Crippen molar-refractivity contribution >= 4 is 0 Å². The molecule has 1 fully saturated rings. The Morgan fingerprint density at radius 2 is 1.85 bits per heavy atom. The van der Waals surface area contributed by atoms with E-state index in [4.69, 9.17) is 9.47 Å². The molecule has 1 aromatic rings. The summed E-state index contributed by atoms with van der Waals surface area (Å²) >= 11 is 0. The number of ether oxygens (including phenoxy) is 2. The van der Waals surface area contributed by atoms with Crippen molar-refractivity contribution in [1.82, 2.24) is 4.90 Å². The summed E-state index contributed by atoms with van der Waals surface area (Å²) in [4.78, 5) is 2.32. The SMILES string of the molecule is COc1ccc(COCC(O)CN2CCCCC2)cc1. The summed E-state index contributed by atoms with van der Waals surface area (Å²) in [6, 6.07) is 7.80. The van der Waals surface area contributed by atoms with E-state index in [2.05, 4.69) is 4.90 Å². The van der Waals surface area contributed by atoms with Crippen LogP contribution in [0.5, 0.6) is 5.75 Å². The molecule has 1 saturated heterocycles. The molecule has 20 heavy (non-hydrogen) atoms. The van der Waals surface area contributed by atoms with E-state index in [1.165, 1.54) is 19.3 Å². The van der Waals surface area contributed by atoms with Crippen LogP contribution in [0.4, 0.5) is 0 Å². The molecule has 1 aliphatic heterocycles. The minimum atomic E-state index is -0.397. The summed E-state index contributed by atoms with van der Waals surface area (Å²) in [6.45, 7) is 3.86. The number of rotatable bonds is 7. The molecule has 1 aromatic carbocycles. The van der Waals surface area contributed by atoms with Gasteiger partial charge in [0.1, 0.15) is 5.75 Å². The number of methoxy groups -OCH3 is 1. The van der Waals surface area contributed by atoms with Crippen LogP contribution in [0.3, 0.4) is 0 Å². The third-order valence-corrected chi connectivity index (χ3v) is 3.66. The van der Waals surface area contributed by atoms with E-state index in [-0.39, 0.29) is 0 Å². The van der Waals surface area contributed by atoms with E-state index >= 15 is 0 Å². The lowest BCUT2D eigenvalue weighted by molar-refractivity contribution is 0.00712. The second-order valence-corrected chi connectivity index (χ2v) is 5.38. The smallest absolute Gasteiger partial charge is 0.118 e. The zero-order valence-electron chi connectivity index (χ0n) is 12.3. The Kier molecular flexibility index (Phi) is 6.30. The molecule has 0 radical (unpaired) electrons. The van der Waals surface area contributed by atoms with Crippen molar-refractivity contribution in [1.29, 1.82) is 0 Å². The first-order valence-corrected chi connectivity index (χ1v) is 7.39. The molecule has 2 rings (SSSR count). The van der Waals surface area contributed by atoms with Crippen LogP contribution < -0.4 is 4.74 Å². The highest BCUT2D eigenvalue weighted by Crippen LogP contribution is 2.12. The lowest BCUT2D eigenvalue weighted by atomic mass is 10.1. The van der Waals surface area contributed by atoms with Crippen LogP contribution in [-0.2, 0) is 11.3 Å². The van der Waals surface area contributed by atoms with Crippen molar-refractivity contribution in [2.45, 2.75) is 32.0 Å². The summed E-state index contributed by atoms with van der Waals surface area (Å²) in [7, 11) is 1.66. The van der Waals surface area contributed by atoms with Crippen molar-refractivity contribution in [3.05, 3.63) is 29.8 Å². The molecule has 1 N–H and O–H groups in total. The fourth-order valence-electron chi connectivity index (χ4n) is 2.53. The first-order valence-electron chi connectivity index (χ1n) is 7.39. The van der Waals surface area contributed by atoms with Gasteiger partial charge in [0.05, 0.1) is 26.4 Å². The van der Waals surface area contributed by atoms with Crippen molar-refractivity contribution in [3.63, 3.8) is 0 Å². The van der Waals surface area contributed by atoms with E-state index < -0.39 is 6.10 Å². The molecule has 0 bridgehead atoms. The van der Waals surface area contributed by atoms with Gasteiger partial charge in [-0.05, 0) is 43.6 Å². The van der Waals surface area contributed by atoms with Gasteiger partial charge in [0.15, 0.2) is 0 Å². The largest absolute Gasteiger partial charge is 0.497 e. The Hall–Kier alpha value is -1.10. The first kappa shape index (κ1) is 15.3. The number of aliphatic hydroxyl groups is 1. The number of β-amino-alcohol motifs (C(OH)–C–C–N with tert-alkyl or cyclic N) is 1. The molecule has 112 valence electrons. The minimum Gasteiger partial charge on any atom is -0.497 e. The molecular formula is C16H25NO3. The number of nitrogens with zero attached hydrogens (tertiary/aromatic N) is 1. The molecule has 1 aliphatic rings. The van der Waals surface area contributed by atoms with E-state index in [1.54, 1.807) is 7.11 Å². The second kappa shape index (κ2) is 8.25. The lowest BCUT2D eigenvalue weighted by Crippen LogP contribution is -2.38. The van der Waals surface area contributed by atoms with Crippen molar-refractivity contribution in [2.24, 2.45) is 0 Å². The molecule has 0 amide bonds. The zero-order valence-corrected chi connectivity index (χ0v) is 12.3. The molecule has 1 atom stereocenters. The normalized spacial score (nSPS) is 17.9. The number of hydrogen-bond acceptors (Lipinski definition) is 4. The summed E-state index contributed by atoms with van der Waals surface area (Å²) < 4.78 is 10.7. The van der Waals surface area contributed by atoms with E-state index in [0.29, 0.717) is 13.2 Å². The average molecular weight is 279 g/mol. The van der Waals surface area contributed by atoms with Crippen molar-refractivity contribution in [3.8, 4) is 5.75 Å². The zero-order chi connectivity index (χ0) is 14.2. The first-order chi connectivity index (χ1) is 9.78. The Bertz CT molecular complexity index is 374. The average Bonchev–Trinajstić information content (AvgIpc) is 2.49. The molecule has 0 spiro atoms. The topological polar surface area (TPSA) is 41.9 Å². The summed E-state index contributed by atoms with van der Waals surface area (Å²) in [5.41, 5.74) is 1.09. The monoisotopic (exact) mass is 279 g/mol. The maximum absolute atomic E-state index is 9.97. The van der Waals surface area contributed by atoms with Gasteiger partial charge in [-0.15, -0.1) is 0 Å². The van der Waals surface area contributed by atoms with Crippen LogP contribution in [0.15, 0.2) is 24.3 Å². The predicted molar refractivity (Wildman–Crippen MR) is 78.9 cm³/mol. The molecule has 0 aromatic heterocycles. The maximum atomic E-state index is 9.97. The van der Waals surface area contributed by atoms with Crippen LogP contribution in [0.1, 0.15) is 24.8 Å². The van der Waals surface area contributed by atoms with Gasteiger partial charge in [-0.1, -0.05) is 18.6 Å². The van der Waals surface area contributed by atoms with Gasteiger partial charge in [0, 0.05) is 6.54 Å². The van der Waals surface area contributed by atoms with Crippen LogP contribution in [0, 0.1) is 0 Å². The van der Waals surface area contributed by atoms with Gasteiger partial charge in [0.25, 0.3) is 0 Å². The summed E-state index contributed by atoms with van der Waals surface area (Å²) in [5, 5.41) is 9.97. The minimum absolute atomic E-state index is 0.391. The highest BCUT2D eigenvalue weighted by atomic mass is 16.5. The van der Waals surface area contributed by atoms with Crippen molar-refractivity contribution < 1.29 is 14.6 Å². The van der Waals surface area contributed by atoms with Gasteiger partial charge in [-0.3, -0.25) is 0 Å². The standard InChI is InChI=1S/C16H25NO3/c1-19-16-7-5-14(6-8-16)12-20-13-15(18)11-17-9-3-2-4-10-17/h5-8,15,18H,2-4,9-13H2,1H3.